The second-order valence-electron chi connectivity index (χ2n) is 7.38. The maximum Gasteiger partial charge on any atom is -0.0260 e. The molecule has 0 aliphatic carbocycles. The van der Waals surface area contributed by atoms with Crippen LogP contribution < -0.4 is 0 Å². The summed E-state index contributed by atoms with van der Waals surface area (Å²) in [5, 5.41) is 0. The number of allylic oxidation sites excluding steroid dienone is 2. The summed E-state index contributed by atoms with van der Waals surface area (Å²) in [6, 6.07) is 0. The Balaban J connectivity index is 3.76. The molecule has 0 amide bonds. The zero-order valence-electron chi connectivity index (χ0n) is 15.1. The first-order chi connectivity index (χ1) is 9.49. The van der Waals surface area contributed by atoms with Gasteiger partial charge in [0.25, 0.3) is 0 Å². The van der Waals surface area contributed by atoms with Gasteiger partial charge in [-0.1, -0.05) is 78.9 Å². The van der Waals surface area contributed by atoms with Crippen LogP contribution in [-0.2, 0) is 0 Å². The molecule has 0 aliphatic rings. The van der Waals surface area contributed by atoms with Gasteiger partial charge in [-0.2, -0.15) is 0 Å². The minimum absolute atomic E-state index is 0.744. The molecule has 0 saturated carbocycles. The Kier molecular flexibility index (Phi) is 12.3. The van der Waals surface area contributed by atoms with Gasteiger partial charge in [-0.3, -0.25) is 0 Å². The lowest BCUT2D eigenvalue weighted by molar-refractivity contribution is 0.309. The minimum Gasteiger partial charge on any atom is -0.0914 e. The van der Waals surface area contributed by atoms with E-state index < -0.39 is 0 Å². The molecule has 4 unspecified atom stereocenters. The van der Waals surface area contributed by atoms with Crippen LogP contribution in [0.1, 0.15) is 92.9 Å². The molecule has 0 heteroatoms. The molecular weight excluding hydrogens is 240 g/mol. The van der Waals surface area contributed by atoms with Crippen molar-refractivity contribution in [3.63, 3.8) is 0 Å². The second kappa shape index (κ2) is 12.5. The highest BCUT2D eigenvalue weighted by Gasteiger charge is 2.13. The van der Waals surface area contributed by atoms with Gasteiger partial charge in [-0.05, 0) is 49.9 Å². The third-order valence-corrected chi connectivity index (χ3v) is 4.46. The molecule has 0 aliphatic heterocycles. The summed E-state index contributed by atoms with van der Waals surface area (Å²) in [6.45, 7) is 14.1. The fourth-order valence-corrected chi connectivity index (χ4v) is 3.65. The monoisotopic (exact) mass is 280 g/mol. The molecule has 0 aromatic carbocycles. The lowest BCUT2D eigenvalue weighted by atomic mass is 9.84. The molecule has 0 saturated heterocycles. The molecule has 0 bridgehead atoms. The zero-order valence-corrected chi connectivity index (χ0v) is 15.1. The van der Waals surface area contributed by atoms with Crippen molar-refractivity contribution in [1.29, 1.82) is 0 Å². The maximum atomic E-state index is 2.46. The van der Waals surface area contributed by atoms with Crippen LogP contribution in [0.15, 0.2) is 12.2 Å². The lowest BCUT2D eigenvalue weighted by Gasteiger charge is -2.22. The van der Waals surface area contributed by atoms with Crippen LogP contribution in [0, 0.1) is 23.7 Å². The van der Waals surface area contributed by atoms with Gasteiger partial charge in [0.15, 0.2) is 0 Å². The average Bonchev–Trinajstić information content (AvgIpc) is 2.34. The molecule has 0 aromatic heterocycles. The summed E-state index contributed by atoms with van der Waals surface area (Å²) in [5.41, 5.74) is 0. The van der Waals surface area contributed by atoms with E-state index in [0.29, 0.717) is 0 Å². The van der Waals surface area contributed by atoms with Crippen LogP contribution in [0.4, 0.5) is 0 Å². The van der Waals surface area contributed by atoms with Gasteiger partial charge in [0.05, 0.1) is 0 Å². The van der Waals surface area contributed by atoms with Crippen molar-refractivity contribution in [2.75, 3.05) is 0 Å². The van der Waals surface area contributed by atoms with E-state index in [1.807, 2.05) is 0 Å². The summed E-state index contributed by atoms with van der Waals surface area (Å²) in [6.07, 6.45) is 15.8. The van der Waals surface area contributed by atoms with E-state index in [0.717, 1.165) is 23.7 Å². The summed E-state index contributed by atoms with van der Waals surface area (Å²) in [4.78, 5) is 0. The highest BCUT2D eigenvalue weighted by molar-refractivity contribution is 4.83. The average molecular weight is 281 g/mol. The Hall–Kier alpha value is -0.260. The van der Waals surface area contributed by atoms with Crippen molar-refractivity contribution < 1.29 is 0 Å². The summed E-state index contributed by atoms with van der Waals surface area (Å²) < 4.78 is 0. The second-order valence-corrected chi connectivity index (χ2v) is 7.38. The van der Waals surface area contributed by atoms with E-state index in [1.54, 1.807) is 0 Å². The van der Waals surface area contributed by atoms with Gasteiger partial charge in [0.1, 0.15) is 0 Å². The summed E-state index contributed by atoms with van der Waals surface area (Å²) in [7, 11) is 0. The van der Waals surface area contributed by atoms with E-state index >= 15 is 0 Å². The SMILES string of the molecule is CC=CC(C)CC(C)CC(C)CC(C)CCCCCC. The number of rotatable bonds is 12. The molecule has 20 heavy (non-hydrogen) atoms. The van der Waals surface area contributed by atoms with Gasteiger partial charge < -0.3 is 0 Å². The smallest absolute Gasteiger partial charge is 0.0260 e. The molecule has 0 aromatic rings. The first-order valence-corrected chi connectivity index (χ1v) is 9.12. The van der Waals surface area contributed by atoms with E-state index in [4.69, 9.17) is 0 Å². The third-order valence-electron chi connectivity index (χ3n) is 4.46. The molecule has 0 spiro atoms. The Morgan fingerprint density at radius 1 is 0.750 bits per heavy atom. The van der Waals surface area contributed by atoms with Crippen LogP contribution in [-0.4, -0.2) is 0 Å². The molecule has 0 heterocycles. The van der Waals surface area contributed by atoms with Gasteiger partial charge in [-0.25, -0.2) is 0 Å². The molecule has 120 valence electrons. The molecule has 0 nitrogen and oxygen atoms in total. The van der Waals surface area contributed by atoms with E-state index in [9.17, 15) is 0 Å². The molecule has 0 rings (SSSR count). The number of hydrogen-bond donors (Lipinski definition) is 0. The molecular formula is C20H40. The first-order valence-electron chi connectivity index (χ1n) is 9.12. The van der Waals surface area contributed by atoms with Crippen molar-refractivity contribution >= 4 is 0 Å². The molecule has 4 atom stereocenters. The number of unbranched alkanes of at least 4 members (excludes halogenated alkanes) is 3. The van der Waals surface area contributed by atoms with Gasteiger partial charge in [0, 0.05) is 0 Å². The Morgan fingerprint density at radius 3 is 1.95 bits per heavy atom. The highest BCUT2D eigenvalue weighted by atomic mass is 14.2. The quantitative estimate of drug-likeness (QED) is 0.261. The Bertz CT molecular complexity index is 228. The lowest BCUT2D eigenvalue weighted by Crippen LogP contribution is -2.10. The predicted octanol–water partition coefficient (Wildman–Crippen LogP) is 7.25. The Labute approximate surface area is 129 Å². The van der Waals surface area contributed by atoms with Crippen LogP contribution in [0.25, 0.3) is 0 Å². The largest absolute Gasteiger partial charge is 0.0914 e. The number of hydrogen-bond acceptors (Lipinski definition) is 0. The van der Waals surface area contributed by atoms with Crippen LogP contribution in [0.3, 0.4) is 0 Å². The van der Waals surface area contributed by atoms with Crippen molar-refractivity contribution in [1.82, 2.24) is 0 Å². The zero-order chi connectivity index (χ0) is 15.4. The molecule has 0 N–H and O–H groups in total. The Morgan fingerprint density at radius 2 is 1.35 bits per heavy atom. The predicted molar refractivity (Wildman–Crippen MR) is 94.1 cm³/mol. The standard InChI is InChI=1S/C20H40/c1-7-9-10-11-13-18(4)15-20(6)16-19(5)14-17(3)12-8-2/h8,12,17-20H,7,9-11,13-16H2,1-6H3. The van der Waals surface area contributed by atoms with Gasteiger partial charge in [-0.15, -0.1) is 0 Å². The molecule has 0 fully saturated rings. The van der Waals surface area contributed by atoms with Crippen molar-refractivity contribution in [3.05, 3.63) is 12.2 Å². The van der Waals surface area contributed by atoms with E-state index in [2.05, 4.69) is 53.7 Å². The van der Waals surface area contributed by atoms with Crippen molar-refractivity contribution in [3.8, 4) is 0 Å². The van der Waals surface area contributed by atoms with Crippen molar-refractivity contribution in [2.24, 2.45) is 23.7 Å². The van der Waals surface area contributed by atoms with Crippen LogP contribution in [0.2, 0.25) is 0 Å². The topological polar surface area (TPSA) is 0 Å². The van der Waals surface area contributed by atoms with E-state index in [-0.39, 0.29) is 0 Å². The highest BCUT2D eigenvalue weighted by Crippen LogP contribution is 2.26. The molecule has 0 radical (unpaired) electrons. The van der Waals surface area contributed by atoms with Crippen LogP contribution >= 0.6 is 0 Å². The fourth-order valence-electron chi connectivity index (χ4n) is 3.65. The fraction of sp³-hybridized carbons (Fsp3) is 0.900. The van der Waals surface area contributed by atoms with Gasteiger partial charge >= 0.3 is 0 Å². The van der Waals surface area contributed by atoms with Gasteiger partial charge in [0.2, 0.25) is 0 Å². The van der Waals surface area contributed by atoms with Crippen molar-refractivity contribution in [2.45, 2.75) is 92.9 Å². The van der Waals surface area contributed by atoms with E-state index in [1.165, 1.54) is 51.4 Å². The minimum atomic E-state index is 0.744. The first kappa shape index (κ1) is 19.7. The third kappa shape index (κ3) is 11.6. The summed E-state index contributed by atoms with van der Waals surface area (Å²) >= 11 is 0. The van der Waals surface area contributed by atoms with Crippen LogP contribution in [0.5, 0.6) is 0 Å². The normalized spacial score (nSPS) is 18.1. The maximum absolute atomic E-state index is 2.46. The summed E-state index contributed by atoms with van der Waals surface area (Å²) in [5.74, 6) is 3.42.